The molecule has 0 fully saturated rings. The molecule has 0 saturated carbocycles. The molecule has 0 aliphatic carbocycles. The molecular formula is C11H8FN3O3. The molecule has 0 atom stereocenters. The molecule has 0 bridgehead atoms. The molecule has 6 nitrogen and oxygen atoms in total. The van der Waals surface area contributed by atoms with Crippen LogP contribution in [0.5, 0.6) is 0 Å². The Hall–Kier alpha value is -2.57. The Morgan fingerprint density at radius 3 is 2.89 bits per heavy atom. The third kappa shape index (κ3) is 2.10. The molecule has 0 saturated heterocycles. The molecular weight excluding hydrogens is 241 g/mol. The van der Waals surface area contributed by atoms with Crippen molar-refractivity contribution in [1.82, 2.24) is 14.8 Å². The van der Waals surface area contributed by atoms with Crippen LogP contribution < -0.4 is 0 Å². The molecule has 0 radical (unpaired) electrons. The van der Waals surface area contributed by atoms with Gasteiger partial charge in [-0.15, -0.1) is 5.10 Å². The monoisotopic (exact) mass is 249 g/mol. The van der Waals surface area contributed by atoms with E-state index in [1.165, 1.54) is 25.6 Å². The summed E-state index contributed by atoms with van der Waals surface area (Å²) in [5.41, 5.74) is 0.299. The number of carbonyl (C=O) groups is 2. The predicted molar refractivity (Wildman–Crippen MR) is 58.0 cm³/mol. The second-order valence-corrected chi connectivity index (χ2v) is 3.33. The van der Waals surface area contributed by atoms with Crippen molar-refractivity contribution in [2.24, 2.45) is 0 Å². The summed E-state index contributed by atoms with van der Waals surface area (Å²) in [7, 11) is 1.20. The number of aromatic nitrogens is 3. The maximum Gasteiger partial charge on any atom is 0.377 e. The molecule has 0 N–H and O–H groups in total. The minimum Gasteiger partial charge on any atom is -0.463 e. The van der Waals surface area contributed by atoms with E-state index in [1.54, 1.807) is 0 Å². The largest absolute Gasteiger partial charge is 0.463 e. The van der Waals surface area contributed by atoms with E-state index in [0.717, 1.165) is 10.7 Å². The summed E-state index contributed by atoms with van der Waals surface area (Å²) in [6, 6.07) is 3.88. The van der Waals surface area contributed by atoms with Crippen LogP contribution in [0.1, 0.15) is 21.0 Å². The van der Waals surface area contributed by atoms with Gasteiger partial charge >= 0.3 is 5.97 Å². The summed E-state index contributed by atoms with van der Waals surface area (Å²) in [4.78, 5) is 25.3. The Labute approximate surface area is 101 Å². The zero-order valence-electron chi connectivity index (χ0n) is 9.33. The SMILES string of the molecule is COC(=O)c1ncn(-c2ccc(C=O)cc2F)n1. The van der Waals surface area contributed by atoms with Crippen LogP contribution in [0.15, 0.2) is 24.5 Å². The molecule has 7 heteroatoms. The minimum atomic E-state index is -0.710. The van der Waals surface area contributed by atoms with Gasteiger partial charge in [0.15, 0.2) is 0 Å². The van der Waals surface area contributed by atoms with Crippen molar-refractivity contribution in [1.29, 1.82) is 0 Å². The van der Waals surface area contributed by atoms with Crippen LogP contribution in [0.25, 0.3) is 5.69 Å². The lowest BCUT2D eigenvalue weighted by Crippen LogP contribution is -2.06. The van der Waals surface area contributed by atoms with Crippen LogP contribution >= 0.6 is 0 Å². The number of nitrogens with zero attached hydrogens (tertiary/aromatic N) is 3. The van der Waals surface area contributed by atoms with Crippen LogP contribution in [0.3, 0.4) is 0 Å². The predicted octanol–water partition coefficient (Wildman–Crippen LogP) is 1.01. The van der Waals surface area contributed by atoms with Crippen molar-refractivity contribution in [3.8, 4) is 5.69 Å². The van der Waals surface area contributed by atoms with Crippen LogP contribution in [-0.2, 0) is 4.74 Å². The van der Waals surface area contributed by atoms with E-state index in [4.69, 9.17) is 0 Å². The molecule has 0 unspecified atom stereocenters. The van der Waals surface area contributed by atoms with E-state index in [9.17, 15) is 14.0 Å². The van der Waals surface area contributed by atoms with Gasteiger partial charge in [0.25, 0.3) is 5.82 Å². The number of ether oxygens (including phenoxy) is 1. The number of hydrogen-bond donors (Lipinski definition) is 0. The fourth-order valence-electron chi connectivity index (χ4n) is 1.35. The van der Waals surface area contributed by atoms with Gasteiger partial charge in [-0.2, -0.15) is 0 Å². The van der Waals surface area contributed by atoms with Gasteiger partial charge in [-0.3, -0.25) is 4.79 Å². The number of halogens is 1. The highest BCUT2D eigenvalue weighted by Crippen LogP contribution is 2.13. The Morgan fingerprint density at radius 1 is 1.50 bits per heavy atom. The Bertz CT molecular complexity index is 609. The molecule has 2 rings (SSSR count). The summed E-state index contributed by atoms with van der Waals surface area (Å²) >= 11 is 0. The molecule has 92 valence electrons. The quantitative estimate of drug-likeness (QED) is 0.599. The molecule has 1 heterocycles. The van der Waals surface area contributed by atoms with Gasteiger partial charge in [-0.25, -0.2) is 18.9 Å². The second kappa shape index (κ2) is 4.74. The van der Waals surface area contributed by atoms with Gasteiger partial charge in [0.05, 0.1) is 7.11 Å². The zero-order chi connectivity index (χ0) is 13.1. The summed E-state index contributed by atoms with van der Waals surface area (Å²) in [5, 5.41) is 3.77. The van der Waals surface area contributed by atoms with E-state index < -0.39 is 11.8 Å². The average Bonchev–Trinajstić information content (AvgIpc) is 2.87. The standard InChI is InChI=1S/C11H8FN3O3/c1-18-11(17)10-13-6-15(14-10)9-3-2-7(5-16)4-8(9)12/h2-6H,1H3. The maximum absolute atomic E-state index is 13.7. The van der Waals surface area contributed by atoms with Gasteiger partial charge in [-0.1, -0.05) is 0 Å². The summed E-state index contributed by atoms with van der Waals surface area (Å²) in [6.45, 7) is 0. The molecule has 2 aromatic rings. The van der Waals surface area contributed by atoms with E-state index in [-0.39, 0.29) is 17.1 Å². The van der Waals surface area contributed by atoms with Gasteiger partial charge in [0, 0.05) is 5.56 Å². The van der Waals surface area contributed by atoms with Gasteiger partial charge in [0.1, 0.15) is 24.1 Å². The number of benzene rings is 1. The second-order valence-electron chi connectivity index (χ2n) is 3.33. The highest BCUT2D eigenvalue weighted by molar-refractivity contribution is 5.84. The summed E-state index contributed by atoms with van der Waals surface area (Å²) < 4.78 is 19.2. The highest BCUT2D eigenvalue weighted by atomic mass is 19.1. The number of rotatable bonds is 3. The number of aldehydes is 1. The van der Waals surface area contributed by atoms with Crippen molar-refractivity contribution in [2.45, 2.75) is 0 Å². The first kappa shape index (κ1) is 11.9. The molecule has 1 aromatic carbocycles. The van der Waals surface area contributed by atoms with Gasteiger partial charge in [0.2, 0.25) is 0 Å². The summed E-state index contributed by atoms with van der Waals surface area (Å²) in [6.07, 6.45) is 1.72. The van der Waals surface area contributed by atoms with E-state index in [0.29, 0.717) is 6.29 Å². The van der Waals surface area contributed by atoms with Crippen molar-refractivity contribution in [2.75, 3.05) is 7.11 Å². The molecule has 0 spiro atoms. The fraction of sp³-hybridized carbons (Fsp3) is 0.0909. The number of hydrogen-bond acceptors (Lipinski definition) is 5. The number of methoxy groups -OCH3 is 1. The maximum atomic E-state index is 13.7. The first-order valence-electron chi connectivity index (χ1n) is 4.91. The number of esters is 1. The Kier molecular flexibility index (Phi) is 3.13. The minimum absolute atomic E-state index is 0.0863. The van der Waals surface area contributed by atoms with Crippen LogP contribution in [-0.4, -0.2) is 34.1 Å². The van der Waals surface area contributed by atoms with Crippen molar-refractivity contribution < 1.29 is 18.7 Å². The van der Waals surface area contributed by atoms with Gasteiger partial charge < -0.3 is 4.74 Å². The van der Waals surface area contributed by atoms with E-state index in [1.807, 2.05) is 0 Å². The molecule has 1 aromatic heterocycles. The van der Waals surface area contributed by atoms with Crippen LogP contribution in [0, 0.1) is 5.82 Å². The molecule has 0 amide bonds. The van der Waals surface area contributed by atoms with Crippen molar-refractivity contribution in [3.63, 3.8) is 0 Å². The molecule has 0 aliphatic heterocycles. The van der Waals surface area contributed by atoms with Gasteiger partial charge in [-0.05, 0) is 18.2 Å². The zero-order valence-corrected chi connectivity index (χ0v) is 9.33. The first-order valence-corrected chi connectivity index (χ1v) is 4.91. The lowest BCUT2D eigenvalue weighted by Gasteiger charge is -2.02. The normalized spacial score (nSPS) is 10.1. The third-order valence-corrected chi connectivity index (χ3v) is 2.21. The lowest BCUT2D eigenvalue weighted by molar-refractivity contribution is 0.0587. The highest BCUT2D eigenvalue weighted by Gasteiger charge is 2.13. The third-order valence-electron chi connectivity index (χ3n) is 2.21. The Balaban J connectivity index is 2.40. The molecule has 18 heavy (non-hydrogen) atoms. The number of carbonyl (C=O) groups excluding carboxylic acids is 2. The van der Waals surface area contributed by atoms with E-state index in [2.05, 4.69) is 14.8 Å². The topological polar surface area (TPSA) is 74.1 Å². The fourth-order valence-corrected chi connectivity index (χ4v) is 1.35. The smallest absolute Gasteiger partial charge is 0.377 e. The summed E-state index contributed by atoms with van der Waals surface area (Å²) in [5.74, 6) is -1.52. The van der Waals surface area contributed by atoms with Crippen molar-refractivity contribution in [3.05, 3.63) is 41.7 Å². The first-order chi connectivity index (χ1) is 8.65. The van der Waals surface area contributed by atoms with Crippen molar-refractivity contribution >= 4 is 12.3 Å². The van der Waals surface area contributed by atoms with E-state index >= 15 is 0 Å². The van der Waals surface area contributed by atoms with Crippen LogP contribution in [0.2, 0.25) is 0 Å². The Morgan fingerprint density at radius 2 is 2.28 bits per heavy atom. The lowest BCUT2D eigenvalue weighted by atomic mass is 10.2. The molecule has 0 aliphatic rings. The average molecular weight is 249 g/mol. The van der Waals surface area contributed by atoms with Crippen LogP contribution in [0.4, 0.5) is 4.39 Å².